The van der Waals surface area contributed by atoms with Crippen molar-refractivity contribution in [2.24, 2.45) is 16.8 Å². The van der Waals surface area contributed by atoms with Crippen LogP contribution in [0.3, 0.4) is 0 Å². The molecular formula is C17H13ClN4O3. The number of carbonyl (C=O) groups is 3. The number of ketones is 1. The quantitative estimate of drug-likeness (QED) is 0.643. The molecule has 7 nitrogen and oxygen atoms in total. The van der Waals surface area contributed by atoms with Crippen molar-refractivity contribution >= 4 is 46.4 Å². The number of benzene rings is 2. The van der Waals surface area contributed by atoms with Crippen molar-refractivity contribution in [2.75, 3.05) is 10.3 Å². The van der Waals surface area contributed by atoms with E-state index in [0.29, 0.717) is 16.4 Å². The fourth-order valence-corrected chi connectivity index (χ4v) is 2.45. The Morgan fingerprint density at radius 2 is 1.72 bits per heavy atom. The second kappa shape index (κ2) is 6.74. The molecule has 1 aliphatic heterocycles. The first-order valence-corrected chi connectivity index (χ1v) is 7.69. The van der Waals surface area contributed by atoms with E-state index in [2.05, 4.69) is 10.4 Å². The van der Waals surface area contributed by atoms with E-state index in [-0.39, 0.29) is 5.84 Å². The number of Topliss-reactive ketones (excluding diaryl/α,β-unsaturated/α-hetero) is 1. The minimum Gasteiger partial charge on any atom is -0.385 e. The van der Waals surface area contributed by atoms with Crippen LogP contribution in [0, 0.1) is 5.92 Å². The van der Waals surface area contributed by atoms with Gasteiger partial charge in [-0.05, 0) is 36.4 Å². The van der Waals surface area contributed by atoms with Gasteiger partial charge < -0.3 is 11.1 Å². The Hall–Kier alpha value is -3.19. The van der Waals surface area contributed by atoms with Crippen LogP contribution in [0.4, 0.5) is 11.4 Å². The molecule has 0 unspecified atom stereocenters. The number of anilines is 2. The summed E-state index contributed by atoms with van der Waals surface area (Å²) in [5.74, 6) is -4.24. The average Bonchev–Trinajstić information content (AvgIpc) is 2.91. The Kier molecular flexibility index (Phi) is 4.49. The molecule has 0 aliphatic carbocycles. The standard InChI is InChI=1S/C17H13ClN4O3/c18-10-6-8-11(9-7-10)20-16(24)14(23)13-15(19)21-22(17(13)25)12-4-2-1-3-5-12/h1-9,13H,(H2,19,21)(H,20,24)/t13-/m1/s1. The van der Waals surface area contributed by atoms with Gasteiger partial charge in [-0.25, -0.2) is 0 Å². The molecule has 3 N–H and O–H groups in total. The van der Waals surface area contributed by atoms with Gasteiger partial charge in [0.25, 0.3) is 11.8 Å². The predicted octanol–water partition coefficient (Wildman–Crippen LogP) is 1.78. The molecule has 2 aromatic rings. The molecule has 126 valence electrons. The van der Waals surface area contributed by atoms with Crippen LogP contribution >= 0.6 is 11.6 Å². The minimum atomic E-state index is -1.44. The summed E-state index contributed by atoms with van der Waals surface area (Å²) in [7, 11) is 0. The third-order valence-electron chi connectivity index (χ3n) is 3.56. The normalized spacial score (nSPS) is 16.5. The second-order valence-corrected chi connectivity index (χ2v) is 5.71. The largest absolute Gasteiger partial charge is 0.385 e. The summed E-state index contributed by atoms with van der Waals surface area (Å²) in [6, 6.07) is 14.7. The van der Waals surface area contributed by atoms with E-state index in [4.69, 9.17) is 17.3 Å². The Balaban J connectivity index is 1.76. The maximum Gasteiger partial charge on any atom is 0.293 e. The number of hydrogen-bond donors (Lipinski definition) is 2. The van der Waals surface area contributed by atoms with Crippen LogP contribution in [0.15, 0.2) is 59.7 Å². The summed E-state index contributed by atoms with van der Waals surface area (Å²) in [4.78, 5) is 37.0. The van der Waals surface area contributed by atoms with E-state index in [9.17, 15) is 14.4 Å². The number of nitrogens with two attached hydrogens (primary N) is 1. The lowest BCUT2D eigenvalue weighted by molar-refractivity contribution is -0.138. The van der Waals surface area contributed by atoms with Crippen LogP contribution in [0.1, 0.15) is 0 Å². The monoisotopic (exact) mass is 356 g/mol. The number of hydrogen-bond acceptors (Lipinski definition) is 5. The Labute approximate surface area is 148 Å². The molecular weight excluding hydrogens is 344 g/mol. The molecule has 25 heavy (non-hydrogen) atoms. The summed E-state index contributed by atoms with van der Waals surface area (Å²) in [6.45, 7) is 0. The summed E-state index contributed by atoms with van der Waals surface area (Å²) < 4.78 is 0. The SMILES string of the molecule is NC1=NN(c2ccccc2)C(=O)[C@@H]1C(=O)C(=O)Nc1ccc(Cl)cc1. The number of nitrogens with one attached hydrogen (secondary N) is 1. The van der Waals surface area contributed by atoms with Crippen molar-refractivity contribution in [3.8, 4) is 0 Å². The van der Waals surface area contributed by atoms with Crippen LogP contribution in [-0.4, -0.2) is 23.4 Å². The zero-order chi connectivity index (χ0) is 18.0. The van der Waals surface area contributed by atoms with Crippen LogP contribution < -0.4 is 16.1 Å². The molecule has 8 heteroatoms. The van der Waals surface area contributed by atoms with Gasteiger partial charge in [-0.15, -0.1) is 0 Å². The first-order chi connectivity index (χ1) is 12.0. The van der Waals surface area contributed by atoms with Crippen molar-refractivity contribution in [2.45, 2.75) is 0 Å². The molecule has 0 saturated carbocycles. The lowest BCUT2D eigenvalue weighted by Crippen LogP contribution is -2.41. The fraction of sp³-hybridized carbons (Fsp3) is 0.0588. The van der Waals surface area contributed by atoms with E-state index >= 15 is 0 Å². The number of rotatable bonds is 4. The summed E-state index contributed by atoms with van der Waals surface area (Å²) in [5, 5.41) is 7.83. The van der Waals surface area contributed by atoms with Gasteiger partial charge in [0.1, 0.15) is 5.84 Å². The molecule has 0 radical (unpaired) electrons. The summed E-state index contributed by atoms with van der Waals surface area (Å²) >= 11 is 5.76. The van der Waals surface area contributed by atoms with Crippen LogP contribution in [-0.2, 0) is 14.4 Å². The highest BCUT2D eigenvalue weighted by Crippen LogP contribution is 2.23. The third-order valence-corrected chi connectivity index (χ3v) is 3.81. The molecule has 2 aromatic carbocycles. The predicted molar refractivity (Wildman–Crippen MR) is 94.1 cm³/mol. The summed E-state index contributed by atoms with van der Waals surface area (Å²) in [5.41, 5.74) is 6.56. The highest BCUT2D eigenvalue weighted by atomic mass is 35.5. The smallest absolute Gasteiger partial charge is 0.293 e. The molecule has 0 fully saturated rings. The van der Waals surface area contributed by atoms with Crippen LogP contribution in [0.2, 0.25) is 5.02 Å². The average molecular weight is 357 g/mol. The van der Waals surface area contributed by atoms with Crippen molar-refractivity contribution < 1.29 is 14.4 Å². The van der Waals surface area contributed by atoms with Gasteiger partial charge in [0.05, 0.1) is 5.69 Å². The van der Waals surface area contributed by atoms with Crippen LogP contribution in [0.5, 0.6) is 0 Å². The van der Waals surface area contributed by atoms with Crippen LogP contribution in [0.25, 0.3) is 0 Å². The molecule has 0 bridgehead atoms. The highest BCUT2D eigenvalue weighted by molar-refractivity contribution is 6.50. The first-order valence-electron chi connectivity index (χ1n) is 7.31. The second-order valence-electron chi connectivity index (χ2n) is 5.27. The van der Waals surface area contributed by atoms with Gasteiger partial charge in [0.15, 0.2) is 5.92 Å². The molecule has 2 amide bonds. The molecule has 1 heterocycles. The van der Waals surface area contributed by atoms with E-state index < -0.39 is 23.5 Å². The molecule has 1 atom stereocenters. The fourth-order valence-electron chi connectivity index (χ4n) is 2.33. The number of para-hydroxylation sites is 1. The number of amidine groups is 1. The number of halogens is 1. The van der Waals surface area contributed by atoms with Crippen molar-refractivity contribution in [3.63, 3.8) is 0 Å². The number of carbonyl (C=O) groups excluding carboxylic acids is 3. The topological polar surface area (TPSA) is 105 Å². The van der Waals surface area contributed by atoms with Gasteiger partial charge >= 0.3 is 0 Å². The molecule has 0 saturated heterocycles. The zero-order valence-electron chi connectivity index (χ0n) is 12.8. The number of nitrogens with zero attached hydrogens (tertiary/aromatic N) is 2. The Morgan fingerprint density at radius 3 is 2.36 bits per heavy atom. The van der Waals surface area contributed by atoms with Crippen molar-refractivity contribution in [1.29, 1.82) is 0 Å². The van der Waals surface area contributed by atoms with E-state index in [1.54, 1.807) is 42.5 Å². The van der Waals surface area contributed by atoms with Crippen molar-refractivity contribution in [1.82, 2.24) is 0 Å². The molecule has 0 aromatic heterocycles. The molecule has 1 aliphatic rings. The van der Waals surface area contributed by atoms with Gasteiger partial charge in [-0.2, -0.15) is 10.1 Å². The maximum atomic E-state index is 12.5. The Bertz CT molecular complexity index is 865. The van der Waals surface area contributed by atoms with Gasteiger partial charge in [0, 0.05) is 10.7 Å². The van der Waals surface area contributed by atoms with Gasteiger partial charge in [-0.3, -0.25) is 14.4 Å². The van der Waals surface area contributed by atoms with Gasteiger partial charge in [-0.1, -0.05) is 29.8 Å². The maximum absolute atomic E-state index is 12.5. The van der Waals surface area contributed by atoms with E-state index in [1.807, 2.05) is 0 Å². The third kappa shape index (κ3) is 3.36. The lowest BCUT2D eigenvalue weighted by Gasteiger charge is -2.13. The molecule has 0 spiro atoms. The number of hydrazone groups is 1. The van der Waals surface area contributed by atoms with Crippen molar-refractivity contribution in [3.05, 3.63) is 59.6 Å². The Morgan fingerprint density at radius 1 is 1.08 bits per heavy atom. The van der Waals surface area contributed by atoms with E-state index in [1.165, 1.54) is 12.1 Å². The van der Waals surface area contributed by atoms with Gasteiger partial charge in [0.2, 0.25) is 5.78 Å². The first kappa shape index (κ1) is 16.7. The lowest BCUT2D eigenvalue weighted by atomic mass is 10.0. The van der Waals surface area contributed by atoms with E-state index in [0.717, 1.165) is 5.01 Å². The molecule has 3 rings (SSSR count). The summed E-state index contributed by atoms with van der Waals surface area (Å²) in [6.07, 6.45) is 0. The zero-order valence-corrected chi connectivity index (χ0v) is 13.6. The number of amides is 2. The minimum absolute atomic E-state index is 0.217. The highest BCUT2D eigenvalue weighted by Gasteiger charge is 2.43.